The second-order valence-electron chi connectivity index (χ2n) is 9.78. The van der Waals surface area contributed by atoms with Crippen molar-refractivity contribution in [2.75, 3.05) is 24.7 Å². The van der Waals surface area contributed by atoms with E-state index in [2.05, 4.69) is 54.4 Å². The molecule has 0 bridgehead atoms. The zero-order valence-corrected chi connectivity index (χ0v) is 26.9. The fourth-order valence-corrected chi connectivity index (χ4v) is 8.59. The zero-order chi connectivity index (χ0) is 32.2. The van der Waals surface area contributed by atoms with Gasteiger partial charge in [-0.3, -0.25) is 32.5 Å². The van der Waals surface area contributed by atoms with Crippen LogP contribution in [0.2, 0.25) is 0 Å². The summed E-state index contributed by atoms with van der Waals surface area (Å²) < 4.78 is 80.0. The fraction of sp³-hybridized carbons (Fsp3) is 0.500. The van der Waals surface area contributed by atoms with Crippen LogP contribution < -0.4 is 17.0 Å². The van der Waals surface area contributed by atoms with Crippen LogP contribution >= 0.6 is 50.3 Å². The number of halogens is 2. The van der Waals surface area contributed by atoms with Crippen molar-refractivity contribution in [3.05, 3.63) is 29.3 Å². The molecular formula is C20H24F2N10O8P2S3. The van der Waals surface area contributed by atoms with E-state index in [0.29, 0.717) is 0 Å². The predicted octanol–water partition coefficient (Wildman–Crippen LogP) is 1.45. The second kappa shape index (κ2) is 12.7. The molecule has 2 fully saturated rings. The van der Waals surface area contributed by atoms with Crippen LogP contribution in [0.25, 0.3) is 22.3 Å². The molecule has 45 heavy (non-hydrogen) atoms. The minimum absolute atomic E-state index is 0.0182. The molecular weight excluding hydrogens is 704 g/mol. The Labute approximate surface area is 265 Å². The van der Waals surface area contributed by atoms with Gasteiger partial charge in [0.05, 0.1) is 31.1 Å². The SMILES string of the molecule is Nc1nc2c(ncn2[C@@H]2S[C@H](CO[PH](=O)S)[C@H](F)[C@H]2OP(=O)(S)OC[C@H]2O[C@@H](n3cnc4c(N)ncnc43)[C@@H](F)[C@@H]2O)c(=O)[nH]1. The highest BCUT2D eigenvalue weighted by Gasteiger charge is 2.51. The molecule has 10 atom stereocenters. The summed E-state index contributed by atoms with van der Waals surface area (Å²) in [6.45, 7) is -5.51. The lowest BCUT2D eigenvalue weighted by Crippen LogP contribution is -2.33. The molecule has 6 N–H and O–H groups in total. The van der Waals surface area contributed by atoms with E-state index in [0.717, 1.165) is 18.1 Å². The smallest absolute Gasteiger partial charge is 0.386 e. The number of aromatic amines is 1. The van der Waals surface area contributed by atoms with Gasteiger partial charge in [-0.05, 0) is 0 Å². The van der Waals surface area contributed by atoms with Crippen LogP contribution in [0, 0.1) is 0 Å². The minimum atomic E-state index is -4.47. The number of alkyl halides is 2. The van der Waals surface area contributed by atoms with E-state index in [1.807, 2.05) is 0 Å². The number of ether oxygens (including phenoxy) is 1. The molecule has 0 aliphatic carbocycles. The fourth-order valence-electron chi connectivity index (χ4n) is 4.92. The van der Waals surface area contributed by atoms with Gasteiger partial charge in [-0.2, -0.15) is 4.98 Å². The summed E-state index contributed by atoms with van der Waals surface area (Å²) in [5.41, 5.74) is 11.0. The molecule has 0 spiro atoms. The minimum Gasteiger partial charge on any atom is -0.387 e. The van der Waals surface area contributed by atoms with Gasteiger partial charge in [-0.25, -0.2) is 33.3 Å². The molecule has 0 saturated carbocycles. The highest BCUT2D eigenvalue weighted by Crippen LogP contribution is 2.59. The van der Waals surface area contributed by atoms with Gasteiger partial charge in [-0.15, -0.1) is 11.8 Å². The third-order valence-electron chi connectivity index (χ3n) is 6.97. The van der Waals surface area contributed by atoms with Crippen molar-refractivity contribution in [1.29, 1.82) is 0 Å². The lowest BCUT2D eigenvalue weighted by Gasteiger charge is -2.25. The van der Waals surface area contributed by atoms with E-state index < -0.39 is 73.7 Å². The number of nitrogens with zero attached hydrogens (tertiary/aromatic N) is 7. The number of fused-ring (bicyclic) bond motifs is 2. The second-order valence-corrected chi connectivity index (χ2v) is 15.9. The summed E-state index contributed by atoms with van der Waals surface area (Å²) in [4.78, 5) is 34.6. The largest absolute Gasteiger partial charge is 0.387 e. The Morgan fingerprint density at radius 3 is 2.62 bits per heavy atom. The van der Waals surface area contributed by atoms with Crippen LogP contribution in [0.15, 0.2) is 23.8 Å². The Balaban J connectivity index is 1.20. The van der Waals surface area contributed by atoms with E-state index in [-0.39, 0.29) is 40.7 Å². The van der Waals surface area contributed by atoms with Gasteiger partial charge in [-0.1, -0.05) is 24.5 Å². The first-order chi connectivity index (χ1) is 21.3. The predicted molar refractivity (Wildman–Crippen MR) is 164 cm³/mol. The normalized spacial score (nSPS) is 30.7. The first-order valence-corrected chi connectivity index (χ1v) is 19.0. The van der Waals surface area contributed by atoms with Gasteiger partial charge in [0.1, 0.15) is 41.7 Å². The number of nitrogens with one attached hydrogen (secondary N) is 1. The maximum Gasteiger partial charge on any atom is 0.386 e. The average Bonchev–Trinajstić information content (AvgIpc) is 3.73. The first-order valence-electron chi connectivity index (χ1n) is 12.8. The van der Waals surface area contributed by atoms with Gasteiger partial charge in [0.2, 0.25) is 13.2 Å². The lowest BCUT2D eigenvalue weighted by molar-refractivity contribution is -0.0443. The van der Waals surface area contributed by atoms with Crippen LogP contribution in [0.4, 0.5) is 20.5 Å². The van der Waals surface area contributed by atoms with Crippen molar-refractivity contribution >= 4 is 84.4 Å². The number of rotatable bonds is 10. The van der Waals surface area contributed by atoms with E-state index in [1.54, 1.807) is 0 Å². The molecule has 2 aliphatic heterocycles. The monoisotopic (exact) mass is 728 g/mol. The van der Waals surface area contributed by atoms with Gasteiger partial charge < -0.3 is 25.8 Å². The molecule has 2 aliphatic rings. The molecule has 18 nitrogen and oxygen atoms in total. The first kappa shape index (κ1) is 32.6. The topological polar surface area (TPSA) is 250 Å². The van der Waals surface area contributed by atoms with Gasteiger partial charge in [0, 0.05) is 0 Å². The molecule has 4 aromatic heterocycles. The highest BCUT2D eigenvalue weighted by molar-refractivity contribution is 8.44. The molecule has 4 aromatic rings. The van der Waals surface area contributed by atoms with E-state index in [1.165, 1.54) is 21.8 Å². The van der Waals surface area contributed by atoms with Crippen molar-refractivity contribution in [3.63, 3.8) is 0 Å². The summed E-state index contributed by atoms with van der Waals surface area (Å²) in [6.07, 6.45) is -6.43. The Bertz CT molecular complexity index is 1870. The number of aromatic nitrogens is 8. The lowest BCUT2D eigenvalue weighted by atomic mass is 10.1. The number of nitrogens with two attached hydrogens (primary N) is 2. The quantitative estimate of drug-likeness (QED) is 0.0998. The Kier molecular flexibility index (Phi) is 9.20. The van der Waals surface area contributed by atoms with Crippen molar-refractivity contribution in [2.45, 2.75) is 47.5 Å². The molecule has 0 amide bonds. The third-order valence-corrected chi connectivity index (χ3v) is 10.9. The average molecular weight is 729 g/mol. The number of imidazole rings is 2. The van der Waals surface area contributed by atoms with Gasteiger partial charge in [0.25, 0.3) is 5.56 Å². The molecule has 25 heteroatoms. The van der Waals surface area contributed by atoms with Crippen LogP contribution in [-0.2, 0) is 27.4 Å². The number of hydrogen-bond donors (Lipinski definition) is 6. The van der Waals surface area contributed by atoms with Crippen LogP contribution in [0.5, 0.6) is 0 Å². The molecule has 0 radical (unpaired) electrons. The third kappa shape index (κ3) is 6.34. The number of nitrogen functional groups attached to an aromatic ring is 2. The maximum atomic E-state index is 15.8. The van der Waals surface area contributed by atoms with E-state index in [9.17, 15) is 19.0 Å². The van der Waals surface area contributed by atoms with Crippen LogP contribution in [-0.4, -0.2) is 93.3 Å². The highest BCUT2D eigenvalue weighted by atomic mass is 32.7. The zero-order valence-electron chi connectivity index (χ0n) is 22.4. The molecule has 6 rings (SSSR count). The number of aliphatic hydroxyl groups is 1. The van der Waals surface area contributed by atoms with Crippen molar-refractivity contribution in [3.8, 4) is 0 Å². The van der Waals surface area contributed by atoms with Crippen molar-refractivity contribution in [1.82, 2.24) is 39.0 Å². The summed E-state index contributed by atoms with van der Waals surface area (Å²) in [5, 5.41) is 8.45. The van der Waals surface area contributed by atoms with Gasteiger partial charge >= 0.3 is 6.80 Å². The summed E-state index contributed by atoms with van der Waals surface area (Å²) >= 11 is 8.62. The molecule has 244 valence electrons. The number of anilines is 2. The molecule has 2 unspecified atom stereocenters. The summed E-state index contributed by atoms with van der Waals surface area (Å²) in [5.74, 6) is -0.179. The number of aliphatic hydroxyl groups excluding tert-OH is 1. The van der Waals surface area contributed by atoms with E-state index in [4.69, 9.17) is 29.8 Å². The van der Waals surface area contributed by atoms with Crippen LogP contribution in [0.3, 0.4) is 0 Å². The Hall–Kier alpha value is -2.33. The van der Waals surface area contributed by atoms with Crippen molar-refractivity contribution in [2.24, 2.45) is 0 Å². The van der Waals surface area contributed by atoms with Gasteiger partial charge in [0.15, 0.2) is 35.0 Å². The maximum absolute atomic E-state index is 15.8. The standard InChI is InChI=1S/C20H24F2N10O8P2S3/c21-8-7(2-37-41(35)43)45-19(32-5-28-11-16(32)29-20(24)30-17(11)34)13(8)40-42(36,44)38-1-6-12(33)9(22)18(39-6)31-4-27-10-14(23)25-3-26-15(10)31/h3-9,12-13,18-19,33,41H,1-2H2,(H,35,43)(H,36,44)(H2,23,25,26)(H3,24,29,30,34)/t6-,7-,8+,9+,12-,13-,18-,19-,42?/m1/s1. The number of thioether (sulfide) groups is 1. The Morgan fingerprint density at radius 2 is 1.87 bits per heavy atom. The summed E-state index contributed by atoms with van der Waals surface area (Å²) in [7, 11) is -2.73. The molecule has 2 saturated heterocycles. The van der Waals surface area contributed by atoms with Crippen LogP contribution in [0.1, 0.15) is 11.6 Å². The van der Waals surface area contributed by atoms with E-state index >= 15 is 8.78 Å². The number of hydrogen-bond acceptors (Lipinski definition) is 16. The summed E-state index contributed by atoms with van der Waals surface area (Å²) in [6, 6.07) is 0. The number of H-pyrrole nitrogens is 1. The Morgan fingerprint density at radius 1 is 1.13 bits per heavy atom. The number of thiol groups is 2. The molecule has 0 aromatic carbocycles. The molecule has 6 heterocycles. The van der Waals surface area contributed by atoms with Crippen molar-refractivity contribution < 1.29 is 41.3 Å².